The first-order valence-electron chi connectivity index (χ1n) is 5.78. The Kier molecular flexibility index (Phi) is 4.82. The molecule has 0 saturated heterocycles. The van der Waals surface area contributed by atoms with Crippen LogP contribution in [0.3, 0.4) is 0 Å². The molecule has 0 saturated carbocycles. The Hall–Kier alpha value is -2.05. The summed E-state index contributed by atoms with van der Waals surface area (Å²) in [7, 11) is 0. The van der Waals surface area contributed by atoms with Gasteiger partial charge in [-0.05, 0) is 36.4 Å². The van der Waals surface area contributed by atoms with E-state index in [-0.39, 0.29) is 17.1 Å². The standard InChI is InChI=1S/C14H10BrClN2O3/c15-9-1-3-11(13(20)6-9)14(21)18-17-7-8-5-10(16)2-4-12(8)19/h1-7,19-20H,(H,18,21). The Morgan fingerprint density at radius 3 is 2.67 bits per heavy atom. The summed E-state index contributed by atoms with van der Waals surface area (Å²) in [6, 6.07) is 8.95. The topological polar surface area (TPSA) is 81.9 Å². The minimum Gasteiger partial charge on any atom is -0.507 e. The van der Waals surface area contributed by atoms with Crippen molar-refractivity contribution in [1.29, 1.82) is 0 Å². The van der Waals surface area contributed by atoms with Gasteiger partial charge >= 0.3 is 0 Å². The van der Waals surface area contributed by atoms with E-state index in [1.807, 2.05) is 0 Å². The number of nitrogens with one attached hydrogen (secondary N) is 1. The predicted molar refractivity (Wildman–Crippen MR) is 84.0 cm³/mol. The van der Waals surface area contributed by atoms with Gasteiger partial charge in [0.1, 0.15) is 11.5 Å². The number of hydrogen-bond acceptors (Lipinski definition) is 4. The Morgan fingerprint density at radius 1 is 1.19 bits per heavy atom. The largest absolute Gasteiger partial charge is 0.507 e. The van der Waals surface area contributed by atoms with Crippen molar-refractivity contribution in [2.75, 3.05) is 0 Å². The van der Waals surface area contributed by atoms with Crippen molar-refractivity contribution in [2.45, 2.75) is 0 Å². The van der Waals surface area contributed by atoms with Gasteiger partial charge in [-0.1, -0.05) is 27.5 Å². The molecular formula is C14H10BrClN2O3. The van der Waals surface area contributed by atoms with Crippen molar-refractivity contribution in [3.8, 4) is 11.5 Å². The smallest absolute Gasteiger partial charge is 0.275 e. The van der Waals surface area contributed by atoms with Crippen LogP contribution in [0, 0.1) is 0 Å². The van der Waals surface area contributed by atoms with E-state index >= 15 is 0 Å². The lowest BCUT2D eigenvalue weighted by molar-refractivity contribution is 0.0952. The Morgan fingerprint density at radius 2 is 1.95 bits per heavy atom. The molecule has 0 spiro atoms. The van der Waals surface area contributed by atoms with Crippen LogP contribution in [-0.4, -0.2) is 22.3 Å². The number of hydrazone groups is 1. The monoisotopic (exact) mass is 368 g/mol. The van der Waals surface area contributed by atoms with E-state index in [9.17, 15) is 15.0 Å². The van der Waals surface area contributed by atoms with Crippen molar-refractivity contribution in [3.63, 3.8) is 0 Å². The number of carbonyl (C=O) groups excluding carboxylic acids is 1. The molecule has 0 atom stereocenters. The van der Waals surface area contributed by atoms with Gasteiger partial charge in [0.2, 0.25) is 0 Å². The Bertz CT molecular complexity index is 719. The van der Waals surface area contributed by atoms with Crippen LogP contribution in [0.15, 0.2) is 46.0 Å². The van der Waals surface area contributed by atoms with Gasteiger partial charge in [0.15, 0.2) is 0 Å². The van der Waals surface area contributed by atoms with E-state index in [1.165, 1.54) is 36.5 Å². The number of hydrogen-bond donors (Lipinski definition) is 3. The van der Waals surface area contributed by atoms with E-state index in [0.717, 1.165) is 0 Å². The number of aromatic hydroxyl groups is 2. The van der Waals surface area contributed by atoms with Crippen molar-refractivity contribution in [3.05, 3.63) is 57.0 Å². The molecule has 0 fully saturated rings. The van der Waals surface area contributed by atoms with Crippen LogP contribution < -0.4 is 5.43 Å². The second-order valence-electron chi connectivity index (χ2n) is 4.06. The van der Waals surface area contributed by atoms with Crippen molar-refractivity contribution < 1.29 is 15.0 Å². The van der Waals surface area contributed by atoms with Crippen LogP contribution in [-0.2, 0) is 0 Å². The third kappa shape index (κ3) is 3.96. The molecular weight excluding hydrogens is 360 g/mol. The summed E-state index contributed by atoms with van der Waals surface area (Å²) < 4.78 is 0.656. The number of rotatable bonds is 3. The molecule has 5 nitrogen and oxygen atoms in total. The molecule has 0 unspecified atom stereocenters. The van der Waals surface area contributed by atoms with Gasteiger partial charge in [-0.25, -0.2) is 5.43 Å². The summed E-state index contributed by atoms with van der Waals surface area (Å²) >= 11 is 8.97. The normalized spacial score (nSPS) is 10.8. The second-order valence-corrected chi connectivity index (χ2v) is 5.42. The number of carbonyl (C=O) groups is 1. The summed E-state index contributed by atoms with van der Waals surface area (Å²) in [5.74, 6) is -0.746. The highest BCUT2D eigenvalue weighted by molar-refractivity contribution is 9.10. The minimum atomic E-state index is -0.572. The number of amides is 1. The zero-order valence-electron chi connectivity index (χ0n) is 10.5. The van der Waals surface area contributed by atoms with Gasteiger partial charge in [-0.2, -0.15) is 5.10 Å². The highest BCUT2D eigenvalue weighted by Crippen LogP contribution is 2.22. The molecule has 0 heterocycles. The molecule has 0 aromatic heterocycles. The van der Waals surface area contributed by atoms with Crippen LogP contribution in [0.25, 0.3) is 0 Å². The minimum absolute atomic E-state index is 0.0103. The Labute approximate surface area is 134 Å². The number of phenolic OH excluding ortho intramolecular Hbond substituents is 2. The fourth-order valence-electron chi connectivity index (χ4n) is 1.55. The zero-order valence-corrected chi connectivity index (χ0v) is 12.9. The molecule has 108 valence electrons. The molecule has 0 bridgehead atoms. The summed E-state index contributed by atoms with van der Waals surface area (Å²) in [6.45, 7) is 0. The highest BCUT2D eigenvalue weighted by Gasteiger charge is 2.10. The number of halogens is 2. The van der Waals surface area contributed by atoms with E-state index in [1.54, 1.807) is 6.07 Å². The lowest BCUT2D eigenvalue weighted by Crippen LogP contribution is -2.17. The molecule has 7 heteroatoms. The van der Waals surface area contributed by atoms with Gasteiger partial charge in [-0.15, -0.1) is 0 Å². The number of nitrogens with zero attached hydrogens (tertiary/aromatic N) is 1. The van der Waals surface area contributed by atoms with E-state index in [2.05, 4.69) is 26.5 Å². The fraction of sp³-hybridized carbons (Fsp3) is 0. The maximum absolute atomic E-state index is 11.8. The van der Waals surface area contributed by atoms with Gasteiger partial charge in [0, 0.05) is 15.1 Å². The molecule has 2 aromatic carbocycles. The average Bonchev–Trinajstić information content (AvgIpc) is 2.42. The molecule has 0 radical (unpaired) electrons. The summed E-state index contributed by atoms with van der Waals surface area (Å²) in [4.78, 5) is 11.8. The number of phenols is 2. The highest BCUT2D eigenvalue weighted by atomic mass is 79.9. The van der Waals surface area contributed by atoms with Crippen molar-refractivity contribution >= 4 is 39.7 Å². The van der Waals surface area contributed by atoms with E-state index in [4.69, 9.17) is 11.6 Å². The third-order valence-corrected chi connectivity index (χ3v) is 3.29. The molecule has 3 N–H and O–H groups in total. The zero-order chi connectivity index (χ0) is 15.4. The van der Waals surface area contributed by atoms with E-state index < -0.39 is 5.91 Å². The van der Waals surface area contributed by atoms with Crippen LogP contribution in [0.1, 0.15) is 15.9 Å². The lowest BCUT2D eigenvalue weighted by Gasteiger charge is -2.03. The van der Waals surface area contributed by atoms with Gasteiger partial charge < -0.3 is 10.2 Å². The Balaban J connectivity index is 2.10. The maximum atomic E-state index is 11.8. The first kappa shape index (κ1) is 15.3. The van der Waals surface area contributed by atoms with Gasteiger partial charge in [0.05, 0.1) is 11.8 Å². The first-order valence-corrected chi connectivity index (χ1v) is 6.95. The van der Waals surface area contributed by atoms with Crippen molar-refractivity contribution in [1.82, 2.24) is 5.43 Å². The third-order valence-electron chi connectivity index (χ3n) is 2.56. The van der Waals surface area contributed by atoms with Crippen LogP contribution in [0.4, 0.5) is 0 Å². The van der Waals surface area contributed by atoms with E-state index in [0.29, 0.717) is 15.1 Å². The second kappa shape index (κ2) is 6.60. The van der Waals surface area contributed by atoms with Crippen LogP contribution in [0.2, 0.25) is 5.02 Å². The maximum Gasteiger partial charge on any atom is 0.275 e. The molecule has 2 rings (SSSR count). The van der Waals surface area contributed by atoms with Crippen molar-refractivity contribution in [2.24, 2.45) is 5.10 Å². The molecule has 2 aromatic rings. The molecule has 0 aliphatic carbocycles. The molecule has 0 aliphatic heterocycles. The first-order chi connectivity index (χ1) is 9.97. The summed E-state index contributed by atoms with van der Waals surface area (Å²) in [6.07, 6.45) is 1.26. The summed E-state index contributed by atoms with van der Waals surface area (Å²) in [5.41, 5.74) is 2.71. The molecule has 1 amide bonds. The lowest BCUT2D eigenvalue weighted by atomic mass is 10.2. The average molecular weight is 370 g/mol. The van der Waals surface area contributed by atoms with Gasteiger partial charge in [0.25, 0.3) is 5.91 Å². The number of benzene rings is 2. The predicted octanol–water partition coefficient (Wildman–Crippen LogP) is 3.28. The molecule has 0 aliphatic rings. The van der Waals surface area contributed by atoms with Crippen LogP contribution in [0.5, 0.6) is 11.5 Å². The fourth-order valence-corrected chi connectivity index (χ4v) is 2.08. The SMILES string of the molecule is O=C(NN=Cc1cc(Cl)ccc1O)c1ccc(Br)cc1O. The quantitative estimate of drug-likeness (QED) is 0.573. The summed E-state index contributed by atoms with van der Waals surface area (Å²) in [5, 5.41) is 23.4. The van der Waals surface area contributed by atoms with Crippen LogP contribution >= 0.6 is 27.5 Å². The molecule has 21 heavy (non-hydrogen) atoms. The van der Waals surface area contributed by atoms with Gasteiger partial charge in [-0.3, -0.25) is 4.79 Å².